The summed E-state index contributed by atoms with van der Waals surface area (Å²) in [7, 11) is 0. The van der Waals surface area contributed by atoms with E-state index in [4.69, 9.17) is 5.73 Å². The van der Waals surface area contributed by atoms with E-state index in [2.05, 4.69) is 31.8 Å². The Labute approximate surface area is 80.2 Å². The Balaban J connectivity index is 2.88. The first kappa shape index (κ1) is 10.0. The lowest BCUT2D eigenvalue weighted by Gasteiger charge is -2.19. The molecule has 0 aromatic carbocycles. The third-order valence-electron chi connectivity index (χ3n) is 2.86. The smallest absolute Gasteiger partial charge is 0.126 e. The number of anilines is 1. The molecular weight excluding hydrogens is 160 g/mol. The van der Waals surface area contributed by atoms with Gasteiger partial charge in [-0.2, -0.15) is 0 Å². The number of aromatic nitrogens is 1. The number of pyridine rings is 1. The Morgan fingerprint density at radius 3 is 2.69 bits per heavy atom. The maximum Gasteiger partial charge on any atom is 0.126 e. The third-order valence-corrected chi connectivity index (χ3v) is 2.86. The van der Waals surface area contributed by atoms with Gasteiger partial charge in [-0.05, 0) is 23.5 Å². The summed E-state index contributed by atoms with van der Waals surface area (Å²) in [6, 6.07) is 4.02. The number of nitrogens with zero attached hydrogens (tertiary/aromatic N) is 1. The van der Waals surface area contributed by atoms with Crippen molar-refractivity contribution in [1.82, 2.24) is 4.98 Å². The van der Waals surface area contributed by atoms with Gasteiger partial charge in [0.25, 0.3) is 0 Å². The van der Waals surface area contributed by atoms with Crippen LogP contribution in [0.15, 0.2) is 18.3 Å². The van der Waals surface area contributed by atoms with E-state index in [0.717, 1.165) is 0 Å². The van der Waals surface area contributed by atoms with Crippen molar-refractivity contribution in [2.75, 3.05) is 5.73 Å². The molecule has 0 aliphatic heterocycles. The van der Waals surface area contributed by atoms with Crippen LogP contribution in [0.1, 0.15) is 38.7 Å². The summed E-state index contributed by atoms with van der Waals surface area (Å²) in [5.41, 5.74) is 6.98. The van der Waals surface area contributed by atoms with E-state index in [9.17, 15) is 0 Å². The van der Waals surface area contributed by atoms with Crippen molar-refractivity contribution in [1.29, 1.82) is 0 Å². The van der Waals surface area contributed by atoms with Gasteiger partial charge in [0, 0.05) is 6.20 Å². The molecule has 1 heterocycles. The summed E-state index contributed by atoms with van der Waals surface area (Å²) in [5.74, 6) is 1.83. The zero-order chi connectivity index (χ0) is 9.84. The van der Waals surface area contributed by atoms with Crippen molar-refractivity contribution in [2.45, 2.75) is 33.1 Å². The number of rotatable bonds is 3. The fraction of sp³-hybridized carbons (Fsp3) is 0.545. The molecule has 2 N–H and O–H groups in total. The number of nitrogen functional groups attached to an aromatic ring is 1. The van der Waals surface area contributed by atoms with Crippen molar-refractivity contribution in [3.8, 4) is 0 Å². The molecule has 2 heteroatoms. The van der Waals surface area contributed by atoms with Gasteiger partial charge < -0.3 is 5.73 Å². The minimum absolute atomic E-state index is 0.499. The lowest BCUT2D eigenvalue weighted by atomic mass is 9.87. The van der Waals surface area contributed by atoms with E-state index >= 15 is 0 Å². The fourth-order valence-corrected chi connectivity index (χ4v) is 1.48. The van der Waals surface area contributed by atoms with Gasteiger partial charge in [0.15, 0.2) is 0 Å². The normalized spacial score (nSPS) is 15.3. The van der Waals surface area contributed by atoms with Crippen LogP contribution in [0.25, 0.3) is 0 Å². The minimum Gasteiger partial charge on any atom is -0.383 e. The largest absolute Gasteiger partial charge is 0.383 e. The molecule has 0 aliphatic carbocycles. The molecule has 0 bridgehead atoms. The predicted molar refractivity (Wildman–Crippen MR) is 56.5 cm³/mol. The SMILES string of the molecule is CCC(C)C(C)c1cccnc1N. The van der Waals surface area contributed by atoms with Crippen LogP contribution in [0, 0.1) is 5.92 Å². The third kappa shape index (κ3) is 2.20. The standard InChI is InChI=1S/C11H18N2/c1-4-8(2)9(3)10-6-5-7-13-11(10)12/h5-9H,4H2,1-3H3,(H2,12,13). The van der Waals surface area contributed by atoms with Gasteiger partial charge in [-0.25, -0.2) is 4.98 Å². The molecule has 0 radical (unpaired) electrons. The zero-order valence-electron chi connectivity index (χ0n) is 8.62. The van der Waals surface area contributed by atoms with Crippen molar-refractivity contribution >= 4 is 5.82 Å². The van der Waals surface area contributed by atoms with Crippen molar-refractivity contribution < 1.29 is 0 Å². The second kappa shape index (κ2) is 4.26. The predicted octanol–water partition coefficient (Wildman–Crippen LogP) is 2.81. The van der Waals surface area contributed by atoms with Gasteiger partial charge in [0.2, 0.25) is 0 Å². The van der Waals surface area contributed by atoms with Gasteiger partial charge in [-0.15, -0.1) is 0 Å². The van der Waals surface area contributed by atoms with E-state index in [0.29, 0.717) is 17.7 Å². The lowest BCUT2D eigenvalue weighted by Crippen LogP contribution is -2.08. The maximum absolute atomic E-state index is 5.80. The molecule has 0 saturated carbocycles. The number of nitrogens with two attached hydrogens (primary N) is 1. The molecular formula is C11H18N2. The summed E-state index contributed by atoms with van der Waals surface area (Å²) < 4.78 is 0. The molecule has 0 saturated heterocycles. The molecule has 1 aromatic heterocycles. The molecule has 13 heavy (non-hydrogen) atoms. The zero-order valence-corrected chi connectivity index (χ0v) is 8.62. The van der Waals surface area contributed by atoms with Gasteiger partial charge >= 0.3 is 0 Å². The molecule has 0 spiro atoms. The van der Waals surface area contributed by atoms with Gasteiger partial charge in [-0.3, -0.25) is 0 Å². The Hall–Kier alpha value is -1.05. The second-order valence-corrected chi connectivity index (χ2v) is 3.65. The Kier molecular flexibility index (Phi) is 3.29. The van der Waals surface area contributed by atoms with Crippen molar-refractivity contribution in [2.24, 2.45) is 5.92 Å². The minimum atomic E-state index is 0.499. The molecule has 1 rings (SSSR count). The fourth-order valence-electron chi connectivity index (χ4n) is 1.48. The summed E-state index contributed by atoms with van der Waals surface area (Å²) >= 11 is 0. The van der Waals surface area contributed by atoms with Gasteiger partial charge in [0.05, 0.1) is 0 Å². The maximum atomic E-state index is 5.80. The molecule has 1 aromatic rings. The average molecular weight is 178 g/mol. The van der Waals surface area contributed by atoms with Crippen molar-refractivity contribution in [3.63, 3.8) is 0 Å². The lowest BCUT2D eigenvalue weighted by molar-refractivity contribution is 0.473. The molecule has 0 fully saturated rings. The highest BCUT2D eigenvalue weighted by atomic mass is 14.8. The monoisotopic (exact) mass is 178 g/mol. The summed E-state index contributed by atoms with van der Waals surface area (Å²) in [4.78, 5) is 4.09. The first-order valence-electron chi connectivity index (χ1n) is 4.87. The van der Waals surface area contributed by atoms with Crippen LogP contribution in [0.3, 0.4) is 0 Å². The van der Waals surface area contributed by atoms with Crippen LogP contribution in [0.5, 0.6) is 0 Å². The molecule has 0 amide bonds. The van der Waals surface area contributed by atoms with E-state index in [1.165, 1.54) is 12.0 Å². The van der Waals surface area contributed by atoms with E-state index in [1.807, 2.05) is 6.07 Å². The number of hydrogen-bond acceptors (Lipinski definition) is 2. The molecule has 2 atom stereocenters. The van der Waals surface area contributed by atoms with Crippen LogP contribution in [-0.2, 0) is 0 Å². The first-order valence-corrected chi connectivity index (χ1v) is 4.87. The molecule has 72 valence electrons. The highest BCUT2D eigenvalue weighted by Gasteiger charge is 2.14. The van der Waals surface area contributed by atoms with E-state index in [1.54, 1.807) is 6.20 Å². The summed E-state index contributed by atoms with van der Waals surface area (Å²) in [6.07, 6.45) is 2.91. The topological polar surface area (TPSA) is 38.9 Å². The number of hydrogen-bond donors (Lipinski definition) is 1. The van der Waals surface area contributed by atoms with E-state index in [-0.39, 0.29) is 0 Å². The average Bonchev–Trinajstić information content (AvgIpc) is 2.16. The highest BCUT2D eigenvalue weighted by molar-refractivity contribution is 5.41. The first-order chi connectivity index (χ1) is 6.16. The quantitative estimate of drug-likeness (QED) is 0.773. The van der Waals surface area contributed by atoms with Gasteiger partial charge in [-0.1, -0.05) is 33.3 Å². The van der Waals surface area contributed by atoms with Crippen LogP contribution in [0.2, 0.25) is 0 Å². The van der Waals surface area contributed by atoms with Crippen LogP contribution < -0.4 is 5.73 Å². The molecule has 2 nitrogen and oxygen atoms in total. The molecule has 2 unspecified atom stereocenters. The molecule has 0 aliphatic rings. The van der Waals surface area contributed by atoms with Gasteiger partial charge in [0.1, 0.15) is 5.82 Å². The Morgan fingerprint density at radius 1 is 1.46 bits per heavy atom. The van der Waals surface area contributed by atoms with E-state index < -0.39 is 0 Å². The Bertz CT molecular complexity index is 271. The van der Waals surface area contributed by atoms with Crippen molar-refractivity contribution in [3.05, 3.63) is 23.9 Å². The Morgan fingerprint density at radius 2 is 2.15 bits per heavy atom. The summed E-state index contributed by atoms with van der Waals surface area (Å²) in [5, 5.41) is 0. The summed E-state index contributed by atoms with van der Waals surface area (Å²) in [6.45, 7) is 6.66. The van der Waals surface area contributed by atoms with Crippen LogP contribution in [0.4, 0.5) is 5.82 Å². The van der Waals surface area contributed by atoms with Crippen LogP contribution >= 0.6 is 0 Å². The highest BCUT2D eigenvalue weighted by Crippen LogP contribution is 2.28. The second-order valence-electron chi connectivity index (χ2n) is 3.65. The van der Waals surface area contributed by atoms with Crippen LogP contribution in [-0.4, -0.2) is 4.98 Å².